The number of esters is 1. The molecule has 3 rings (SSSR count). The second-order valence-electron chi connectivity index (χ2n) is 6.86. The number of nitrogens with one attached hydrogen (secondary N) is 1. The zero-order valence-electron chi connectivity index (χ0n) is 16.6. The smallest absolute Gasteiger partial charge is 0.411 e. The summed E-state index contributed by atoms with van der Waals surface area (Å²) in [4.78, 5) is 24.3. The van der Waals surface area contributed by atoms with Crippen LogP contribution in [0.1, 0.15) is 31.3 Å². The summed E-state index contributed by atoms with van der Waals surface area (Å²) >= 11 is 3.49. The van der Waals surface area contributed by atoms with Crippen LogP contribution in [0.4, 0.5) is 10.5 Å². The van der Waals surface area contributed by atoms with E-state index in [1.807, 2.05) is 13.8 Å². The topological polar surface area (TPSA) is 95.6 Å². The minimum Gasteiger partial charge on any atom is -0.460 e. The summed E-state index contributed by atoms with van der Waals surface area (Å²) < 4.78 is 18.5. The summed E-state index contributed by atoms with van der Waals surface area (Å²) in [5, 5.41) is 7.60. The molecule has 0 spiro atoms. The van der Waals surface area contributed by atoms with E-state index in [2.05, 4.69) is 26.3 Å². The Kier molecular flexibility index (Phi) is 6.26. The first-order chi connectivity index (χ1) is 13.8. The van der Waals surface area contributed by atoms with Crippen LogP contribution < -0.4 is 5.32 Å². The van der Waals surface area contributed by atoms with Crippen molar-refractivity contribution in [2.45, 2.75) is 20.8 Å². The lowest BCUT2D eigenvalue weighted by Crippen LogP contribution is -2.16. The largest absolute Gasteiger partial charge is 0.460 e. The van der Waals surface area contributed by atoms with Gasteiger partial charge in [-0.05, 0) is 47.0 Å². The molecule has 1 amide bonds. The Labute approximate surface area is 176 Å². The second-order valence-corrected chi connectivity index (χ2v) is 7.71. The Morgan fingerprint density at radius 1 is 1.28 bits per heavy atom. The molecule has 0 saturated heterocycles. The number of fused-ring (bicyclic) bond motifs is 1. The third-order valence-corrected chi connectivity index (χ3v) is 4.62. The van der Waals surface area contributed by atoms with Crippen LogP contribution in [0.25, 0.3) is 22.2 Å². The van der Waals surface area contributed by atoms with Crippen molar-refractivity contribution in [2.24, 2.45) is 13.0 Å². The van der Waals surface area contributed by atoms with Crippen LogP contribution in [0, 0.1) is 5.92 Å². The molecule has 0 aliphatic heterocycles. The van der Waals surface area contributed by atoms with Gasteiger partial charge < -0.3 is 13.9 Å². The number of anilines is 1. The Hall–Kier alpha value is -2.81. The Morgan fingerprint density at radius 3 is 2.66 bits per heavy atom. The van der Waals surface area contributed by atoms with Crippen LogP contribution in [-0.4, -0.2) is 35.1 Å². The molecule has 0 fully saturated rings. The lowest BCUT2D eigenvalue weighted by Gasteiger charge is -2.11. The van der Waals surface area contributed by atoms with E-state index in [9.17, 15) is 9.59 Å². The number of benzene rings is 1. The molecular formula is C20H22BrN3O5. The number of aryl methyl sites for hydroxylation is 1. The van der Waals surface area contributed by atoms with Gasteiger partial charge in [0.05, 0.1) is 29.6 Å². The van der Waals surface area contributed by atoms with Crippen molar-refractivity contribution < 1.29 is 23.5 Å². The van der Waals surface area contributed by atoms with Crippen molar-refractivity contribution in [3.8, 4) is 11.3 Å². The number of furan rings is 1. The Balaban J connectivity index is 2.07. The molecule has 154 valence electrons. The van der Waals surface area contributed by atoms with Crippen molar-refractivity contribution in [3.63, 3.8) is 0 Å². The van der Waals surface area contributed by atoms with Gasteiger partial charge in [0, 0.05) is 23.7 Å². The van der Waals surface area contributed by atoms with Gasteiger partial charge in [-0.15, -0.1) is 0 Å². The van der Waals surface area contributed by atoms with Gasteiger partial charge in [-0.25, -0.2) is 9.59 Å². The summed E-state index contributed by atoms with van der Waals surface area (Å²) in [7, 11) is 1.79. The molecule has 1 N–H and O–H groups in total. The zero-order chi connectivity index (χ0) is 21.1. The van der Waals surface area contributed by atoms with Crippen molar-refractivity contribution in [2.75, 3.05) is 18.5 Å². The van der Waals surface area contributed by atoms with Crippen LogP contribution in [0.5, 0.6) is 0 Å². The molecule has 0 bridgehead atoms. The van der Waals surface area contributed by atoms with Gasteiger partial charge in [0.25, 0.3) is 0 Å². The fourth-order valence-corrected chi connectivity index (χ4v) is 3.38. The molecule has 0 aliphatic rings. The van der Waals surface area contributed by atoms with E-state index in [0.29, 0.717) is 28.8 Å². The average molecular weight is 464 g/mol. The fraction of sp³-hybridized carbons (Fsp3) is 0.350. The lowest BCUT2D eigenvalue weighted by molar-refractivity contribution is 0.0492. The monoisotopic (exact) mass is 463 g/mol. The van der Waals surface area contributed by atoms with Crippen LogP contribution in [-0.2, 0) is 16.5 Å². The van der Waals surface area contributed by atoms with Gasteiger partial charge in [-0.2, -0.15) is 5.10 Å². The first kappa shape index (κ1) is 20.9. The van der Waals surface area contributed by atoms with Crippen LogP contribution >= 0.6 is 15.9 Å². The van der Waals surface area contributed by atoms with E-state index in [0.717, 1.165) is 10.2 Å². The quantitative estimate of drug-likeness (QED) is 0.518. The number of aromatic nitrogens is 2. The highest BCUT2D eigenvalue weighted by molar-refractivity contribution is 9.10. The standard InChI is InChI=1S/C20H22BrN3O5/c1-5-27-19(25)16-7-12-6-13(23-20(26)28-10-11(2)3)8-14(18(12)29-16)17-15(21)9-22-24(17)4/h6-9,11H,5,10H2,1-4H3,(H,23,26). The summed E-state index contributed by atoms with van der Waals surface area (Å²) in [6.07, 6.45) is 1.11. The third kappa shape index (κ3) is 4.61. The number of halogens is 1. The van der Waals surface area contributed by atoms with Crippen molar-refractivity contribution in [1.29, 1.82) is 0 Å². The zero-order valence-corrected chi connectivity index (χ0v) is 18.2. The second kappa shape index (κ2) is 8.69. The molecule has 0 atom stereocenters. The van der Waals surface area contributed by atoms with Crippen molar-refractivity contribution in [1.82, 2.24) is 9.78 Å². The van der Waals surface area contributed by atoms with Crippen LogP contribution in [0.15, 0.2) is 33.3 Å². The van der Waals surface area contributed by atoms with Gasteiger partial charge in [0.15, 0.2) is 0 Å². The molecule has 0 saturated carbocycles. The number of hydrogen-bond acceptors (Lipinski definition) is 6. The van der Waals surface area contributed by atoms with Gasteiger partial charge in [-0.1, -0.05) is 13.8 Å². The van der Waals surface area contributed by atoms with E-state index >= 15 is 0 Å². The Bertz CT molecular complexity index is 1030. The van der Waals surface area contributed by atoms with Crippen molar-refractivity contribution in [3.05, 3.63) is 34.6 Å². The molecule has 2 aromatic heterocycles. The molecule has 2 heterocycles. The fourth-order valence-electron chi connectivity index (χ4n) is 2.81. The number of carbonyl (C=O) groups excluding carboxylic acids is 2. The van der Waals surface area contributed by atoms with Gasteiger partial charge in [0.1, 0.15) is 5.58 Å². The predicted molar refractivity (Wildman–Crippen MR) is 112 cm³/mol. The number of hydrogen-bond donors (Lipinski definition) is 1. The summed E-state index contributed by atoms with van der Waals surface area (Å²) in [6.45, 7) is 6.19. The molecule has 3 aromatic rings. The molecule has 29 heavy (non-hydrogen) atoms. The maximum Gasteiger partial charge on any atom is 0.411 e. The van der Waals surface area contributed by atoms with Gasteiger partial charge in [0.2, 0.25) is 5.76 Å². The Morgan fingerprint density at radius 2 is 2.03 bits per heavy atom. The van der Waals surface area contributed by atoms with E-state index in [-0.39, 0.29) is 18.3 Å². The molecule has 0 unspecified atom stereocenters. The normalized spacial score (nSPS) is 11.1. The average Bonchev–Trinajstić information content (AvgIpc) is 3.23. The molecule has 1 aromatic carbocycles. The molecule has 0 radical (unpaired) electrons. The number of rotatable bonds is 6. The highest BCUT2D eigenvalue weighted by Crippen LogP contribution is 2.37. The summed E-state index contributed by atoms with van der Waals surface area (Å²) in [6, 6.07) is 5.05. The number of amides is 1. The van der Waals surface area contributed by atoms with E-state index in [4.69, 9.17) is 13.9 Å². The van der Waals surface area contributed by atoms with E-state index in [1.165, 1.54) is 0 Å². The summed E-state index contributed by atoms with van der Waals surface area (Å²) in [5.74, 6) is -0.240. The molecular weight excluding hydrogens is 442 g/mol. The molecule has 9 heteroatoms. The highest BCUT2D eigenvalue weighted by Gasteiger charge is 2.21. The van der Waals surface area contributed by atoms with E-state index < -0.39 is 12.1 Å². The number of ether oxygens (including phenoxy) is 2. The number of nitrogens with zero attached hydrogens (tertiary/aromatic N) is 2. The molecule has 8 nitrogen and oxygen atoms in total. The maximum atomic E-state index is 12.1. The summed E-state index contributed by atoms with van der Waals surface area (Å²) in [5.41, 5.74) is 2.38. The first-order valence-electron chi connectivity index (χ1n) is 9.16. The SMILES string of the molecule is CCOC(=O)c1cc2cc(NC(=O)OCC(C)C)cc(-c3c(Br)cnn3C)c2o1. The lowest BCUT2D eigenvalue weighted by atomic mass is 10.1. The molecule has 0 aliphatic carbocycles. The van der Waals surface area contributed by atoms with Crippen molar-refractivity contribution >= 4 is 44.6 Å². The maximum absolute atomic E-state index is 12.1. The first-order valence-corrected chi connectivity index (χ1v) is 9.95. The number of carbonyl (C=O) groups is 2. The minimum absolute atomic E-state index is 0.0842. The predicted octanol–water partition coefficient (Wildman–Crippen LogP) is 4.98. The van der Waals surface area contributed by atoms with Gasteiger partial charge in [-0.3, -0.25) is 10.00 Å². The van der Waals surface area contributed by atoms with E-state index in [1.54, 1.807) is 43.0 Å². The van der Waals surface area contributed by atoms with Crippen LogP contribution in [0.3, 0.4) is 0 Å². The minimum atomic E-state index is -0.554. The van der Waals surface area contributed by atoms with Crippen LogP contribution in [0.2, 0.25) is 0 Å². The highest BCUT2D eigenvalue weighted by atomic mass is 79.9. The third-order valence-electron chi connectivity index (χ3n) is 4.04. The van der Waals surface area contributed by atoms with Gasteiger partial charge >= 0.3 is 12.1 Å².